The third-order valence-corrected chi connectivity index (χ3v) is 3.94. The van der Waals surface area contributed by atoms with Crippen molar-refractivity contribution >= 4 is 35.0 Å². The van der Waals surface area contributed by atoms with E-state index in [2.05, 4.69) is 5.32 Å². The van der Waals surface area contributed by atoms with E-state index in [1.807, 2.05) is 31.4 Å². The average molecular weight is 294 g/mol. The molecule has 96 valence electrons. The van der Waals surface area contributed by atoms with Crippen molar-refractivity contribution < 1.29 is 5.11 Å². The second-order valence-electron chi connectivity index (χ2n) is 4.23. The molecule has 5 heteroatoms. The van der Waals surface area contributed by atoms with Gasteiger partial charge in [0.25, 0.3) is 0 Å². The van der Waals surface area contributed by atoms with E-state index in [1.165, 1.54) is 0 Å². The summed E-state index contributed by atoms with van der Waals surface area (Å²) in [5.41, 5.74) is 0.156. The minimum atomic E-state index is -0.715. The van der Waals surface area contributed by atoms with Crippen molar-refractivity contribution in [3.8, 4) is 0 Å². The van der Waals surface area contributed by atoms with Gasteiger partial charge in [-0.2, -0.15) is 11.8 Å². The Morgan fingerprint density at radius 2 is 1.94 bits per heavy atom. The smallest absolute Gasteiger partial charge is 0.0833 e. The topological polar surface area (TPSA) is 32.3 Å². The summed E-state index contributed by atoms with van der Waals surface area (Å²) in [5, 5.41) is 14.5. The van der Waals surface area contributed by atoms with Crippen LogP contribution in [0.4, 0.5) is 0 Å². The van der Waals surface area contributed by atoms with Crippen molar-refractivity contribution in [2.75, 3.05) is 18.6 Å². The molecule has 0 spiro atoms. The van der Waals surface area contributed by atoms with Crippen molar-refractivity contribution in [2.24, 2.45) is 0 Å². The van der Waals surface area contributed by atoms with Crippen LogP contribution >= 0.6 is 35.0 Å². The molecule has 0 heterocycles. The molecule has 0 saturated heterocycles. The first-order valence-electron chi connectivity index (χ1n) is 5.31. The highest BCUT2D eigenvalue weighted by atomic mass is 35.5. The lowest BCUT2D eigenvalue weighted by Crippen LogP contribution is -2.39. The van der Waals surface area contributed by atoms with Gasteiger partial charge in [-0.05, 0) is 25.3 Å². The molecule has 0 fully saturated rings. The van der Waals surface area contributed by atoms with Crippen LogP contribution in [0, 0.1) is 0 Å². The zero-order chi connectivity index (χ0) is 12.9. The molecule has 1 aromatic carbocycles. The Bertz CT molecular complexity index is 351. The van der Waals surface area contributed by atoms with E-state index in [0.29, 0.717) is 28.9 Å². The number of thioether (sulfide) groups is 1. The number of aliphatic hydroxyl groups is 1. The minimum Gasteiger partial charge on any atom is -0.388 e. The van der Waals surface area contributed by atoms with Crippen LogP contribution in [0.5, 0.6) is 0 Å². The predicted molar refractivity (Wildman–Crippen MR) is 77.2 cm³/mol. The van der Waals surface area contributed by atoms with Gasteiger partial charge >= 0.3 is 0 Å². The average Bonchev–Trinajstić information content (AvgIpc) is 2.22. The number of hydrogen-bond donors (Lipinski definition) is 2. The normalized spacial score (nSPS) is 14.6. The predicted octanol–water partition coefficient (Wildman–Crippen LogP) is 3.20. The molecular weight excluding hydrogens is 277 g/mol. The standard InChI is InChI=1S/C12H17Cl2NOS/c1-12(16,8-17-2)7-15-6-9-10(13)4-3-5-11(9)14/h3-5,15-16H,6-8H2,1-2H3. The Kier molecular flexibility index (Phi) is 6.10. The fourth-order valence-corrected chi connectivity index (χ4v) is 2.78. The summed E-state index contributed by atoms with van der Waals surface area (Å²) in [4.78, 5) is 0. The van der Waals surface area contributed by atoms with Crippen LogP contribution in [0.15, 0.2) is 18.2 Å². The lowest BCUT2D eigenvalue weighted by atomic mass is 10.1. The van der Waals surface area contributed by atoms with Gasteiger partial charge in [0.1, 0.15) is 0 Å². The molecular formula is C12H17Cl2NOS. The molecule has 0 bridgehead atoms. The molecule has 0 saturated carbocycles. The molecule has 1 rings (SSSR count). The van der Waals surface area contributed by atoms with Gasteiger partial charge in [-0.15, -0.1) is 0 Å². The van der Waals surface area contributed by atoms with Crippen LogP contribution in [0.2, 0.25) is 10.0 Å². The van der Waals surface area contributed by atoms with E-state index >= 15 is 0 Å². The molecule has 2 nitrogen and oxygen atoms in total. The summed E-state index contributed by atoms with van der Waals surface area (Å²) in [6.45, 7) is 2.88. The maximum atomic E-state index is 9.98. The van der Waals surface area contributed by atoms with E-state index in [0.717, 1.165) is 5.56 Å². The zero-order valence-electron chi connectivity index (χ0n) is 9.96. The summed E-state index contributed by atoms with van der Waals surface area (Å²) >= 11 is 13.7. The largest absolute Gasteiger partial charge is 0.388 e. The Morgan fingerprint density at radius 1 is 1.35 bits per heavy atom. The Labute approximate surface area is 117 Å². The molecule has 1 unspecified atom stereocenters. The van der Waals surface area contributed by atoms with Crippen molar-refractivity contribution in [2.45, 2.75) is 19.1 Å². The lowest BCUT2D eigenvalue weighted by Gasteiger charge is -2.22. The SMILES string of the molecule is CSCC(C)(O)CNCc1c(Cl)cccc1Cl. The number of hydrogen-bond acceptors (Lipinski definition) is 3. The molecule has 0 aromatic heterocycles. The highest BCUT2D eigenvalue weighted by Crippen LogP contribution is 2.24. The van der Waals surface area contributed by atoms with Crippen LogP contribution in [0.3, 0.4) is 0 Å². The summed E-state index contributed by atoms with van der Waals surface area (Å²) < 4.78 is 0. The van der Waals surface area contributed by atoms with Gasteiger partial charge in [-0.25, -0.2) is 0 Å². The highest BCUT2D eigenvalue weighted by molar-refractivity contribution is 7.98. The third kappa shape index (κ3) is 5.06. The van der Waals surface area contributed by atoms with Gasteiger partial charge in [0.2, 0.25) is 0 Å². The maximum Gasteiger partial charge on any atom is 0.0833 e. The Balaban J connectivity index is 2.51. The number of halogens is 2. The van der Waals surface area contributed by atoms with Gasteiger partial charge in [-0.3, -0.25) is 0 Å². The molecule has 2 N–H and O–H groups in total. The second-order valence-corrected chi connectivity index (χ2v) is 5.91. The monoisotopic (exact) mass is 293 g/mol. The summed E-state index contributed by atoms with van der Waals surface area (Å²) in [7, 11) is 0. The molecule has 17 heavy (non-hydrogen) atoms. The van der Waals surface area contributed by atoms with Crippen LogP contribution in [-0.4, -0.2) is 29.3 Å². The fraction of sp³-hybridized carbons (Fsp3) is 0.500. The maximum absolute atomic E-state index is 9.98. The van der Waals surface area contributed by atoms with E-state index in [-0.39, 0.29) is 0 Å². The van der Waals surface area contributed by atoms with E-state index in [4.69, 9.17) is 23.2 Å². The summed E-state index contributed by atoms with van der Waals surface area (Å²) in [6, 6.07) is 5.44. The first-order chi connectivity index (χ1) is 7.96. The van der Waals surface area contributed by atoms with Gasteiger partial charge < -0.3 is 10.4 Å². The Morgan fingerprint density at radius 3 is 2.47 bits per heavy atom. The lowest BCUT2D eigenvalue weighted by molar-refractivity contribution is 0.0846. The Hall–Kier alpha value is 0.0700. The van der Waals surface area contributed by atoms with Crippen LogP contribution in [-0.2, 0) is 6.54 Å². The van der Waals surface area contributed by atoms with Crippen LogP contribution < -0.4 is 5.32 Å². The van der Waals surface area contributed by atoms with E-state index in [1.54, 1.807) is 11.8 Å². The number of rotatable bonds is 6. The molecule has 0 aliphatic carbocycles. The molecule has 0 radical (unpaired) electrons. The van der Waals surface area contributed by atoms with Crippen molar-refractivity contribution in [1.29, 1.82) is 0 Å². The van der Waals surface area contributed by atoms with Crippen LogP contribution in [0.25, 0.3) is 0 Å². The summed E-state index contributed by atoms with van der Waals surface area (Å²) in [6.07, 6.45) is 1.97. The van der Waals surface area contributed by atoms with Crippen molar-refractivity contribution in [3.05, 3.63) is 33.8 Å². The minimum absolute atomic E-state index is 0.509. The molecule has 0 amide bonds. The number of benzene rings is 1. The third-order valence-electron chi connectivity index (χ3n) is 2.32. The molecule has 0 aliphatic heterocycles. The summed E-state index contributed by atoms with van der Waals surface area (Å²) in [5.74, 6) is 0.691. The second kappa shape index (κ2) is 6.86. The van der Waals surface area contributed by atoms with Crippen LogP contribution in [0.1, 0.15) is 12.5 Å². The zero-order valence-corrected chi connectivity index (χ0v) is 12.3. The molecule has 0 aliphatic rings. The number of nitrogens with one attached hydrogen (secondary N) is 1. The first-order valence-corrected chi connectivity index (χ1v) is 7.46. The quantitative estimate of drug-likeness (QED) is 0.845. The van der Waals surface area contributed by atoms with E-state index < -0.39 is 5.60 Å². The van der Waals surface area contributed by atoms with Crippen molar-refractivity contribution in [3.63, 3.8) is 0 Å². The van der Waals surface area contributed by atoms with Gasteiger partial charge in [0, 0.05) is 34.5 Å². The van der Waals surface area contributed by atoms with Gasteiger partial charge in [0.05, 0.1) is 5.60 Å². The van der Waals surface area contributed by atoms with Gasteiger partial charge in [0.15, 0.2) is 0 Å². The van der Waals surface area contributed by atoms with Crippen molar-refractivity contribution in [1.82, 2.24) is 5.32 Å². The van der Waals surface area contributed by atoms with E-state index in [9.17, 15) is 5.11 Å². The molecule has 1 aromatic rings. The fourth-order valence-electron chi connectivity index (χ4n) is 1.52. The van der Waals surface area contributed by atoms with Gasteiger partial charge in [-0.1, -0.05) is 29.3 Å². The molecule has 1 atom stereocenters. The first kappa shape index (κ1) is 15.1. The highest BCUT2D eigenvalue weighted by Gasteiger charge is 2.19.